The van der Waals surface area contributed by atoms with Crippen LogP contribution in [0.3, 0.4) is 0 Å². The average Bonchev–Trinajstić information content (AvgIpc) is 2.32. The van der Waals surface area contributed by atoms with E-state index in [1.807, 2.05) is 0 Å². The van der Waals surface area contributed by atoms with Gasteiger partial charge in [-0.2, -0.15) is 0 Å². The van der Waals surface area contributed by atoms with Crippen molar-refractivity contribution in [1.82, 2.24) is 4.90 Å². The van der Waals surface area contributed by atoms with E-state index in [1.165, 1.54) is 18.9 Å². The molecule has 0 unspecified atom stereocenters. The molecule has 1 aromatic rings. The topological polar surface area (TPSA) is 57.6 Å². The predicted molar refractivity (Wildman–Crippen MR) is 64.9 cm³/mol. The predicted octanol–water partition coefficient (Wildman–Crippen LogP) is 2.21. The van der Waals surface area contributed by atoms with E-state index in [2.05, 4.69) is 0 Å². The highest BCUT2D eigenvalue weighted by atomic mass is 19.1. The fraction of sp³-hybridized carbons (Fsp3) is 0.385. The summed E-state index contributed by atoms with van der Waals surface area (Å²) in [7, 11) is 1.45. The monoisotopic (exact) mass is 271 g/mol. The van der Waals surface area contributed by atoms with Gasteiger partial charge in [-0.05, 0) is 25.0 Å². The minimum Gasteiger partial charge on any atom is -0.481 e. The molecule has 19 heavy (non-hydrogen) atoms. The number of aryl methyl sites for hydroxylation is 1. The Bertz CT molecular complexity index is 503. The van der Waals surface area contributed by atoms with Gasteiger partial charge in [-0.1, -0.05) is 0 Å². The highest BCUT2D eigenvalue weighted by Crippen LogP contribution is 2.16. The standard InChI is InChI=1S/C13H15F2NO3/c1-8-6-9(11(15)7-10(8)14)13(19)16(2)5-3-4-12(17)18/h6-7H,3-5H2,1-2H3,(H,17,18). The number of aliphatic carboxylic acids is 1. The number of carbonyl (C=O) groups excluding carboxylic acids is 1. The molecule has 0 atom stereocenters. The molecule has 0 bridgehead atoms. The Morgan fingerprint density at radius 2 is 1.89 bits per heavy atom. The van der Waals surface area contributed by atoms with Crippen LogP contribution in [-0.2, 0) is 4.79 Å². The van der Waals surface area contributed by atoms with Crippen molar-refractivity contribution in [3.63, 3.8) is 0 Å². The summed E-state index contributed by atoms with van der Waals surface area (Å²) in [4.78, 5) is 23.5. The molecule has 0 saturated heterocycles. The third-order valence-electron chi connectivity index (χ3n) is 2.71. The molecule has 0 fully saturated rings. The SMILES string of the molecule is Cc1cc(C(=O)N(C)CCCC(=O)O)c(F)cc1F. The summed E-state index contributed by atoms with van der Waals surface area (Å²) in [6, 6.07) is 1.83. The summed E-state index contributed by atoms with van der Waals surface area (Å²) in [6.45, 7) is 1.64. The largest absolute Gasteiger partial charge is 0.481 e. The minimum atomic E-state index is -0.954. The lowest BCUT2D eigenvalue weighted by molar-refractivity contribution is -0.137. The molecule has 0 aliphatic heterocycles. The molecule has 0 aliphatic carbocycles. The Hall–Kier alpha value is -1.98. The molecule has 4 nitrogen and oxygen atoms in total. The number of hydrogen-bond acceptors (Lipinski definition) is 2. The van der Waals surface area contributed by atoms with Crippen LogP contribution in [0, 0.1) is 18.6 Å². The Morgan fingerprint density at radius 1 is 1.26 bits per heavy atom. The second-order valence-electron chi connectivity index (χ2n) is 4.31. The normalized spacial score (nSPS) is 10.3. The molecule has 0 aromatic heterocycles. The first kappa shape index (κ1) is 15.1. The number of benzene rings is 1. The van der Waals surface area contributed by atoms with E-state index in [0.29, 0.717) is 6.07 Å². The molecule has 0 aliphatic rings. The van der Waals surface area contributed by atoms with Crippen LogP contribution < -0.4 is 0 Å². The Morgan fingerprint density at radius 3 is 2.47 bits per heavy atom. The van der Waals surface area contributed by atoms with Gasteiger partial charge in [0.2, 0.25) is 0 Å². The van der Waals surface area contributed by atoms with Gasteiger partial charge in [0.05, 0.1) is 5.56 Å². The second-order valence-corrected chi connectivity index (χ2v) is 4.31. The Labute approximate surface area is 109 Å². The summed E-state index contributed by atoms with van der Waals surface area (Å²) < 4.78 is 26.6. The van der Waals surface area contributed by atoms with Crippen molar-refractivity contribution in [2.75, 3.05) is 13.6 Å². The van der Waals surface area contributed by atoms with Crippen molar-refractivity contribution in [2.45, 2.75) is 19.8 Å². The maximum Gasteiger partial charge on any atom is 0.303 e. The highest BCUT2D eigenvalue weighted by molar-refractivity contribution is 5.94. The zero-order valence-electron chi connectivity index (χ0n) is 10.7. The van der Waals surface area contributed by atoms with E-state index in [1.54, 1.807) is 0 Å². The summed E-state index contributed by atoms with van der Waals surface area (Å²) in [5.41, 5.74) is -0.0274. The lowest BCUT2D eigenvalue weighted by Crippen LogP contribution is -2.29. The van der Waals surface area contributed by atoms with Gasteiger partial charge in [0, 0.05) is 26.1 Å². The second kappa shape index (κ2) is 6.26. The number of carbonyl (C=O) groups is 2. The fourth-order valence-electron chi connectivity index (χ4n) is 1.60. The third kappa shape index (κ3) is 4.01. The molecular formula is C13H15F2NO3. The maximum absolute atomic E-state index is 13.5. The third-order valence-corrected chi connectivity index (χ3v) is 2.71. The molecular weight excluding hydrogens is 256 g/mol. The summed E-state index contributed by atoms with van der Waals surface area (Å²) in [6.07, 6.45) is 0.210. The first-order valence-electron chi connectivity index (χ1n) is 5.76. The lowest BCUT2D eigenvalue weighted by Gasteiger charge is -2.17. The van der Waals surface area contributed by atoms with E-state index < -0.39 is 23.5 Å². The molecule has 1 amide bonds. The zero-order valence-corrected chi connectivity index (χ0v) is 10.7. The zero-order chi connectivity index (χ0) is 14.6. The molecule has 1 N–H and O–H groups in total. The van der Waals surface area contributed by atoms with Gasteiger partial charge in [-0.15, -0.1) is 0 Å². The van der Waals surface area contributed by atoms with Gasteiger partial charge >= 0.3 is 5.97 Å². The molecule has 1 rings (SSSR count). The quantitative estimate of drug-likeness (QED) is 0.893. The van der Waals surface area contributed by atoms with Gasteiger partial charge in [0.15, 0.2) is 0 Å². The van der Waals surface area contributed by atoms with Crippen molar-refractivity contribution in [2.24, 2.45) is 0 Å². The smallest absolute Gasteiger partial charge is 0.303 e. The van der Waals surface area contributed by atoms with Crippen LogP contribution in [0.4, 0.5) is 8.78 Å². The highest BCUT2D eigenvalue weighted by Gasteiger charge is 2.18. The number of hydrogen-bond donors (Lipinski definition) is 1. The van der Waals surface area contributed by atoms with Crippen molar-refractivity contribution in [1.29, 1.82) is 0 Å². The first-order valence-corrected chi connectivity index (χ1v) is 5.76. The number of amides is 1. The summed E-state index contributed by atoms with van der Waals surface area (Å²) in [5, 5.41) is 8.49. The Kier molecular flexibility index (Phi) is 4.97. The molecule has 0 saturated carbocycles. The maximum atomic E-state index is 13.5. The number of rotatable bonds is 5. The molecule has 104 valence electrons. The van der Waals surface area contributed by atoms with Crippen LogP contribution in [0.25, 0.3) is 0 Å². The molecule has 0 spiro atoms. The van der Waals surface area contributed by atoms with Gasteiger partial charge < -0.3 is 10.0 Å². The van der Waals surface area contributed by atoms with Crippen LogP contribution in [0.2, 0.25) is 0 Å². The number of carboxylic acids is 1. The summed E-state index contributed by atoms with van der Waals surface area (Å²) >= 11 is 0. The molecule has 0 heterocycles. The van der Waals surface area contributed by atoms with E-state index in [9.17, 15) is 18.4 Å². The van der Waals surface area contributed by atoms with E-state index >= 15 is 0 Å². The lowest BCUT2D eigenvalue weighted by atomic mass is 10.1. The van der Waals surface area contributed by atoms with Crippen LogP contribution in [-0.4, -0.2) is 35.5 Å². The van der Waals surface area contributed by atoms with Crippen molar-refractivity contribution in [3.05, 3.63) is 34.9 Å². The van der Waals surface area contributed by atoms with Gasteiger partial charge in [0.25, 0.3) is 5.91 Å². The fourth-order valence-corrected chi connectivity index (χ4v) is 1.60. The van der Waals surface area contributed by atoms with E-state index in [-0.39, 0.29) is 30.5 Å². The van der Waals surface area contributed by atoms with Crippen LogP contribution >= 0.6 is 0 Å². The van der Waals surface area contributed by atoms with Crippen molar-refractivity contribution in [3.8, 4) is 0 Å². The van der Waals surface area contributed by atoms with Gasteiger partial charge in [0.1, 0.15) is 11.6 Å². The van der Waals surface area contributed by atoms with E-state index in [0.717, 1.165) is 6.07 Å². The van der Waals surface area contributed by atoms with Gasteiger partial charge in [-0.25, -0.2) is 8.78 Å². The van der Waals surface area contributed by atoms with Gasteiger partial charge in [-0.3, -0.25) is 9.59 Å². The Balaban J connectivity index is 2.77. The van der Waals surface area contributed by atoms with Crippen LogP contribution in [0.15, 0.2) is 12.1 Å². The van der Waals surface area contributed by atoms with Crippen molar-refractivity contribution >= 4 is 11.9 Å². The number of halogens is 2. The van der Waals surface area contributed by atoms with Crippen LogP contribution in [0.5, 0.6) is 0 Å². The number of nitrogens with zero attached hydrogens (tertiary/aromatic N) is 1. The van der Waals surface area contributed by atoms with Crippen LogP contribution in [0.1, 0.15) is 28.8 Å². The van der Waals surface area contributed by atoms with Crippen molar-refractivity contribution < 1.29 is 23.5 Å². The molecule has 0 radical (unpaired) electrons. The van der Waals surface area contributed by atoms with E-state index in [4.69, 9.17) is 5.11 Å². The minimum absolute atomic E-state index is 0.0669. The summed E-state index contributed by atoms with van der Waals surface area (Å²) in [5.74, 6) is -3.17. The average molecular weight is 271 g/mol. The first-order chi connectivity index (χ1) is 8.82. The molecule has 6 heteroatoms. The number of carboxylic acid groups (broad SMARTS) is 1. The molecule has 1 aromatic carbocycles.